The van der Waals surface area contributed by atoms with Crippen LogP contribution in [-0.2, 0) is 9.53 Å². The van der Waals surface area contributed by atoms with Crippen molar-refractivity contribution in [1.29, 1.82) is 0 Å². The molecule has 0 N–H and O–H groups in total. The number of aromatic nitrogens is 1. The van der Waals surface area contributed by atoms with Crippen molar-refractivity contribution in [3.05, 3.63) is 120 Å². The van der Waals surface area contributed by atoms with Crippen molar-refractivity contribution in [2.75, 3.05) is 13.7 Å². The highest BCUT2D eigenvalue weighted by Gasteiger charge is 2.37. The highest BCUT2D eigenvalue weighted by molar-refractivity contribution is 9.10. The Morgan fingerprint density at radius 2 is 1.89 bits per heavy atom. The number of methoxy groups -OCH3 is 1. The van der Waals surface area contributed by atoms with Gasteiger partial charge in [0, 0.05) is 16.5 Å². The molecule has 10 heteroatoms. The van der Waals surface area contributed by atoms with Crippen molar-refractivity contribution in [2.24, 2.45) is 4.99 Å². The van der Waals surface area contributed by atoms with E-state index in [0.29, 0.717) is 49.2 Å². The van der Waals surface area contributed by atoms with E-state index in [1.54, 1.807) is 24.7 Å². The first-order valence-corrected chi connectivity index (χ1v) is 16.7. The van der Waals surface area contributed by atoms with Gasteiger partial charge in [0.2, 0.25) is 0 Å². The minimum Gasteiger partial charge on any atom is -0.496 e. The first-order chi connectivity index (χ1) is 21.4. The maximum atomic E-state index is 14.3. The van der Waals surface area contributed by atoms with Gasteiger partial charge in [0.15, 0.2) is 9.89 Å². The molecule has 0 unspecified atom stereocenters. The number of thiazole rings is 1. The number of allylic oxidation sites excluding steroid dienone is 1. The molecule has 0 fully saturated rings. The summed E-state index contributed by atoms with van der Waals surface area (Å²) in [6, 6.07) is 22.7. The quantitative estimate of drug-likeness (QED) is 0.152. The van der Waals surface area contributed by atoms with Crippen molar-refractivity contribution in [3.8, 4) is 5.75 Å². The predicted molar refractivity (Wildman–Crippen MR) is 177 cm³/mol. The third-order valence-corrected chi connectivity index (χ3v) is 10.0. The number of hydrogen-bond donors (Lipinski definition) is 0. The van der Waals surface area contributed by atoms with Gasteiger partial charge in [-0.05, 0) is 64.3 Å². The maximum Gasteiger partial charge on any atom is 0.338 e. The van der Waals surface area contributed by atoms with Crippen molar-refractivity contribution < 1.29 is 18.7 Å². The molecule has 3 heterocycles. The Morgan fingerprint density at radius 1 is 1.11 bits per heavy atom. The Hall–Kier alpha value is -3.86. The number of ether oxygens (including phenoxy) is 2. The van der Waals surface area contributed by atoms with Gasteiger partial charge in [-0.25, -0.2) is 9.79 Å². The molecule has 1 aliphatic rings. The van der Waals surface area contributed by atoms with Gasteiger partial charge in [-0.3, -0.25) is 9.36 Å². The maximum absolute atomic E-state index is 14.3. The van der Waals surface area contributed by atoms with E-state index in [4.69, 9.17) is 18.9 Å². The molecule has 0 amide bonds. The third-order valence-electron chi connectivity index (χ3n) is 7.22. The summed E-state index contributed by atoms with van der Waals surface area (Å²) in [5, 5.41) is 2.53. The van der Waals surface area contributed by atoms with Crippen LogP contribution in [-0.4, -0.2) is 24.3 Å². The van der Waals surface area contributed by atoms with Crippen LogP contribution >= 0.6 is 39.0 Å². The number of carbonyl (C=O) groups excluding carboxylic acids is 1. The molecule has 0 spiro atoms. The number of benzene rings is 3. The molecule has 0 saturated carbocycles. The van der Waals surface area contributed by atoms with Crippen molar-refractivity contribution in [3.63, 3.8) is 0 Å². The largest absolute Gasteiger partial charge is 0.496 e. The zero-order chi connectivity index (χ0) is 30.8. The fraction of sp³-hybridized carbons (Fsp3) is 0.206. The monoisotopic (exact) mass is 688 g/mol. The van der Waals surface area contributed by atoms with Crippen LogP contribution in [0.3, 0.4) is 0 Å². The van der Waals surface area contributed by atoms with Gasteiger partial charge in [-0.2, -0.15) is 0 Å². The molecule has 1 atom stereocenters. The number of carbonyl (C=O) groups is 1. The number of rotatable bonds is 9. The third kappa shape index (κ3) is 5.69. The summed E-state index contributed by atoms with van der Waals surface area (Å²) < 4.78 is 20.4. The lowest BCUT2D eigenvalue weighted by Crippen LogP contribution is -2.40. The SMILES string of the molecule is CCCC1=C(C(=O)OCC)[C@H](c2c(OC)ccc3ccccc23)n2c(s/c(=C/c3cc(Br)c(Sc4ccccc4)o3)c2=O)=N1. The van der Waals surface area contributed by atoms with E-state index in [1.165, 1.54) is 23.1 Å². The number of halogens is 1. The Kier molecular flexibility index (Phi) is 8.93. The Labute approximate surface area is 270 Å². The van der Waals surface area contributed by atoms with Crippen LogP contribution in [0.15, 0.2) is 113 Å². The van der Waals surface area contributed by atoms with Crippen LogP contribution in [0.1, 0.15) is 44.1 Å². The summed E-state index contributed by atoms with van der Waals surface area (Å²) in [6.45, 7) is 4.00. The molecule has 0 saturated heterocycles. The van der Waals surface area contributed by atoms with Crippen LogP contribution in [0.2, 0.25) is 0 Å². The zero-order valence-electron chi connectivity index (χ0n) is 24.3. The molecule has 6 rings (SSSR count). The van der Waals surface area contributed by atoms with Gasteiger partial charge in [0.1, 0.15) is 17.6 Å². The lowest BCUT2D eigenvalue weighted by Gasteiger charge is -2.28. The van der Waals surface area contributed by atoms with Crippen LogP contribution in [0.5, 0.6) is 5.75 Å². The summed E-state index contributed by atoms with van der Waals surface area (Å²) in [4.78, 5) is 34.4. The average molecular weight is 690 g/mol. The Balaban J connectivity index is 1.58. The van der Waals surface area contributed by atoms with Gasteiger partial charge in [-0.15, -0.1) is 0 Å². The second kappa shape index (κ2) is 13.0. The average Bonchev–Trinajstić information content (AvgIpc) is 3.53. The smallest absolute Gasteiger partial charge is 0.338 e. The van der Waals surface area contributed by atoms with E-state index in [2.05, 4.69) is 15.9 Å². The lowest BCUT2D eigenvalue weighted by atomic mass is 9.90. The highest BCUT2D eigenvalue weighted by Crippen LogP contribution is 2.41. The van der Waals surface area contributed by atoms with Gasteiger partial charge >= 0.3 is 5.97 Å². The molecule has 0 bridgehead atoms. The molecular formula is C34H29BrN2O5S2. The minimum atomic E-state index is -0.803. The molecule has 3 aromatic carbocycles. The second-order valence-electron chi connectivity index (χ2n) is 10.0. The molecule has 44 heavy (non-hydrogen) atoms. The number of furan rings is 1. The topological polar surface area (TPSA) is 83.0 Å². The van der Waals surface area contributed by atoms with Crippen LogP contribution in [0.4, 0.5) is 0 Å². The van der Waals surface area contributed by atoms with Crippen LogP contribution < -0.4 is 19.6 Å². The van der Waals surface area contributed by atoms with E-state index >= 15 is 0 Å². The molecule has 5 aromatic rings. The molecular weight excluding hydrogens is 660 g/mol. The fourth-order valence-electron chi connectivity index (χ4n) is 5.36. The summed E-state index contributed by atoms with van der Waals surface area (Å²) in [5.41, 5.74) is 1.40. The summed E-state index contributed by atoms with van der Waals surface area (Å²) in [7, 11) is 1.60. The predicted octanol–water partition coefficient (Wildman–Crippen LogP) is 7.25. The Morgan fingerprint density at radius 3 is 2.64 bits per heavy atom. The number of fused-ring (bicyclic) bond motifs is 2. The molecule has 0 radical (unpaired) electrons. The molecule has 0 aliphatic carbocycles. The highest BCUT2D eigenvalue weighted by atomic mass is 79.9. The van der Waals surface area contributed by atoms with E-state index in [1.807, 2.05) is 79.7 Å². The molecule has 224 valence electrons. The van der Waals surface area contributed by atoms with E-state index in [-0.39, 0.29) is 12.2 Å². The van der Waals surface area contributed by atoms with Crippen molar-refractivity contribution in [2.45, 2.75) is 42.7 Å². The lowest BCUT2D eigenvalue weighted by molar-refractivity contribution is -0.139. The van der Waals surface area contributed by atoms with Crippen LogP contribution in [0, 0.1) is 0 Å². The summed E-state index contributed by atoms with van der Waals surface area (Å²) in [5.74, 6) is 0.602. The van der Waals surface area contributed by atoms with Crippen molar-refractivity contribution >= 4 is 61.8 Å². The van der Waals surface area contributed by atoms with E-state index in [9.17, 15) is 9.59 Å². The fourth-order valence-corrected chi connectivity index (χ4v) is 7.72. The van der Waals surface area contributed by atoms with Gasteiger partial charge in [0.05, 0.1) is 34.0 Å². The molecule has 7 nitrogen and oxygen atoms in total. The number of esters is 1. The summed E-state index contributed by atoms with van der Waals surface area (Å²) >= 11 is 6.36. The van der Waals surface area contributed by atoms with Gasteiger partial charge < -0.3 is 13.9 Å². The Bertz CT molecular complexity index is 2080. The molecule has 2 aromatic heterocycles. The van der Waals surface area contributed by atoms with E-state index < -0.39 is 12.0 Å². The minimum absolute atomic E-state index is 0.197. The summed E-state index contributed by atoms with van der Waals surface area (Å²) in [6.07, 6.45) is 3.04. The number of nitrogens with zero attached hydrogens (tertiary/aromatic N) is 2. The zero-order valence-corrected chi connectivity index (χ0v) is 27.6. The van der Waals surface area contributed by atoms with Gasteiger partial charge in [-0.1, -0.05) is 85.0 Å². The first kappa shape index (κ1) is 30.2. The molecule has 1 aliphatic heterocycles. The second-order valence-corrected chi connectivity index (χ2v) is 12.9. The normalized spacial score (nSPS) is 14.9. The van der Waals surface area contributed by atoms with Gasteiger partial charge in [0.25, 0.3) is 5.56 Å². The van der Waals surface area contributed by atoms with E-state index in [0.717, 1.165) is 26.6 Å². The number of hydrogen-bond acceptors (Lipinski definition) is 8. The first-order valence-electron chi connectivity index (χ1n) is 14.2. The standard InChI is InChI=1S/C34H29BrN2O5S2/c1-4-11-25-29(32(39)41-5-2)30(28-23-15-10-9-12-20(23)16-17-26(28)40-3)37-31(38)27(44-34(37)36-25)19-21-18-24(35)33(42-21)43-22-13-7-6-8-14-22/h6-10,12-19,30H,4-5,11H2,1-3H3/b27-19+/t30-/m0/s1. The van der Waals surface area contributed by atoms with Crippen molar-refractivity contribution in [1.82, 2.24) is 4.57 Å². The van der Waals surface area contributed by atoms with Crippen LogP contribution in [0.25, 0.3) is 16.8 Å².